The van der Waals surface area contributed by atoms with Gasteiger partial charge in [-0.2, -0.15) is 4.37 Å². The van der Waals surface area contributed by atoms with Crippen LogP contribution in [0.2, 0.25) is 5.02 Å². The number of nitrogens with one attached hydrogen (secondary N) is 1. The molecule has 0 saturated heterocycles. The molecule has 128 valence electrons. The lowest BCUT2D eigenvalue weighted by Crippen LogP contribution is -2.27. The van der Waals surface area contributed by atoms with Crippen molar-refractivity contribution in [3.63, 3.8) is 0 Å². The van der Waals surface area contributed by atoms with E-state index in [2.05, 4.69) is 14.7 Å². The van der Waals surface area contributed by atoms with Crippen molar-refractivity contribution in [1.82, 2.24) is 13.9 Å². The van der Waals surface area contributed by atoms with Crippen LogP contribution in [0.1, 0.15) is 16.1 Å². The third-order valence-corrected chi connectivity index (χ3v) is 4.77. The monoisotopic (exact) mass is 377 g/mol. The van der Waals surface area contributed by atoms with E-state index >= 15 is 0 Å². The van der Waals surface area contributed by atoms with E-state index in [0.717, 1.165) is 21.7 Å². The highest BCUT2D eigenvalue weighted by Gasteiger charge is 2.17. The van der Waals surface area contributed by atoms with Crippen molar-refractivity contribution in [2.45, 2.75) is 13.5 Å². The summed E-state index contributed by atoms with van der Waals surface area (Å²) in [5.74, 6) is -1.17. The summed E-state index contributed by atoms with van der Waals surface area (Å²) in [6.45, 7) is 1.54. The molecule has 8 nitrogen and oxygen atoms in total. The zero-order chi connectivity index (χ0) is 18.1. The van der Waals surface area contributed by atoms with Crippen molar-refractivity contribution in [3.8, 4) is 0 Å². The SMILES string of the molecule is Cc1c(Cl)cccc1NC(=O)Cn1cnc2c(C(N)=O)nsc2c1=O. The summed E-state index contributed by atoms with van der Waals surface area (Å²) in [7, 11) is 0. The number of rotatable bonds is 4. The van der Waals surface area contributed by atoms with Gasteiger partial charge in [0.05, 0.1) is 6.33 Å². The van der Waals surface area contributed by atoms with Gasteiger partial charge in [-0.1, -0.05) is 17.7 Å². The van der Waals surface area contributed by atoms with Crippen LogP contribution in [0.15, 0.2) is 29.3 Å². The largest absolute Gasteiger partial charge is 0.364 e. The van der Waals surface area contributed by atoms with Crippen molar-refractivity contribution in [1.29, 1.82) is 0 Å². The number of nitrogens with zero attached hydrogens (tertiary/aromatic N) is 3. The number of benzene rings is 1. The summed E-state index contributed by atoms with van der Waals surface area (Å²) in [6.07, 6.45) is 1.19. The quantitative estimate of drug-likeness (QED) is 0.714. The minimum atomic E-state index is -0.759. The maximum atomic E-state index is 12.4. The summed E-state index contributed by atoms with van der Waals surface area (Å²) in [5.41, 5.74) is 6.10. The minimum Gasteiger partial charge on any atom is -0.364 e. The van der Waals surface area contributed by atoms with Crippen LogP contribution >= 0.6 is 23.1 Å². The van der Waals surface area contributed by atoms with Gasteiger partial charge in [-0.15, -0.1) is 0 Å². The summed E-state index contributed by atoms with van der Waals surface area (Å²) in [6, 6.07) is 5.15. The van der Waals surface area contributed by atoms with Crippen LogP contribution in [0.3, 0.4) is 0 Å². The smallest absolute Gasteiger partial charge is 0.273 e. The Morgan fingerprint density at radius 2 is 2.16 bits per heavy atom. The fourth-order valence-corrected chi connectivity index (χ4v) is 3.18. The number of fused-ring (bicyclic) bond motifs is 1. The fraction of sp³-hybridized carbons (Fsp3) is 0.133. The normalized spacial score (nSPS) is 10.8. The molecule has 25 heavy (non-hydrogen) atoms. The number of nitrogens with two attached hydrogens (primary N) is 1. The molecular weight excluding hydrogens is 366 g/mol. The predicted molar refractivity (Wildman–Crippen MR) is 95.0 cm³/mol. The van der Waals surface area contributed by atoms with Gasteiger partial charge in [-0.05, 0) is 36.2 Å². The van der Waals surface area contributed by atoms with E-state index in [-0.39, 0.29) is 22.5 Å². The van der Waals surface area contributed by atoms with Crippen LogP contribution in [0.25, 0.3) is 10.2 Å². The Bertz CT molecular complexity index is 1060. The van der Waals surface area contributed by atoms with Gasteiger partial charge in [0, 0.05) is 10.7 Å². The number of carbonyl (C=O) groups is 2. The van der Waals surface area contributed by atoms with E-state index in [9.17, 15) is 14.4 Å². The maximum absolute atomic E-state index is 12.4. The van der Waals surface area contributed by atoms with Crippen molar-refractivity contribution >= 4 is 50.9 Å². The average Bonchev–Trinajstić information content (AvgIpc) is 2.99. The lowest BCUT2D eigenvalue weighted by molar-refractivity contribution is -0.116. The zero-order valence-electron chi connectivity index (χ0n) is 12.9. The van der Waals surface area contributed by atoms with E-state index in [1.807, 2.05) is 0 Å². The molecule has 0 aliphatic carbocycles. The molecule has 0 atom stereocenters. The highest BCUT2D eigenvalue weighted by Crippen LogP contribution is 2.23. The summed E-state index contributed by atoms with van der Waals surface area (Å²) in [5, 5.41) is 3.23. The minimum absolute atomic E-state index is 0.0525. The van der Waals surface area contributed by atoms with Gasteiger partial charge in [0.1, 0.15) is 16.8 Å². The van der Waals surface area contributed by atoms with Crippen LogP contribution in [-0.4, -0.2) is 25.7 Å². The van der Waals surface area contributed by atoms with Gasteiger partial charge in [0.2, 0.25) is 5.91 Å². The summed E-state index contributed by atoms with van der Waals surface area (Å²) < 4.78 is 5.15. The summed E-state index contributed by atoms with van der Waals surface area (Å²) in [4.78, 5) is 39.9. The Labute approximate surface area is 150 Å². The molecule has 0 fully saturated rings. The highest BCUT2D eigenvalue weighted by molar-refractivity contribution is 7.13. The van der Waals surface area contributed by atoms with Crippen LogP contribution in [0.5, 0.6) is 0 Å². The third-order valence-electron chi connectivity index (χ3n) is 3.54. The van der Waals surface area contributed by atoms with Gasteiger partial charge in [0.25, 0.3) is 11.5 Å². The fourth-order valence-electron chi connectivity index (χ4n) is 2.22. The van der Waals surface area contributed by atoms with Crippen LogP contribution in [-0.2, 0) is 11.3 Å². The van der Waals surface area contributed by atoms with E-state index in [4.69, 9.17) is 17.3 Å². The van der Waals surface area contributed by atoms with Crippen molar-refractivity contribution in [2.24, 2.45) is 5.73 Å². The molecule has 0 radical (unpaired) electrons. The molecule has 3 aromatic rings. The molecule has 3 N–H and O–H groups in total. The number of aromatic nitrogens is 3. The van der Waals surface area contributed by atoms with Crippen molar-refractivity contribution in [2.75, 3.05) is 5.32 Å². The maximum Gasteiger partial charge on any atom is 0.273 e. The first kappa shape index (κ1) is 17.1. The molecule has 0 saturated carbocycles. The highest BCUT2D eigenvalue weighted by atomic mass is 35.5. The van der Waals surface area contributed by atoms with Crippen LogP contribution in [0, 0.1) is 6.92 Å². The lowest BCUT2D eigenvalue weighted by atomic mass is 10.2. The standard InChI is InChI=1S/C15H12ClN5O3S/c1-7-8(16)3-2-4-9(7)19-10(22)5-21-6-18-11-12(14(17)23)20-25-13(11)15(21)24/h2-4,6H,5H2,1H3,(H2,17,23)(H,19,22). The van der Waals surface area contributed by atoms with E-state index < -0.39 is 17.4 Å². The summed E-state index contributed by atoms with van der Waals surface area (Å²) >= 11 is 6.84. The second-order valence-corrected chi connectivity index (χ2v) is 6.39. The topological polar surface area (TPSA) is 120 Å². The van der Waals surface area contributed by atoms with Gasteiger partial charge < -0.3 is 11.1 Å². The second kappa shape index (κ2) is 6.61. The van der Waals surface area contributed by atoms with Crippen molar-refractivity contribution < 1.29 is 9.59 Å². The molecule has 10 heteroatoms. The number of hydrogen-bond donors (Lipinski definition) is 2. The predicted octanol–water partition coefficient (Wildman–Crippen LogP) is 1.55. The van der Waals surface area contributed by atoms with Crippen LogP contribution < -0.4 is 16.6 Å². The van der Waals surface area contributed by atoms with E-state index in [0.29, 0.717) is 10.7 Å². The molecule has 0 aliphatic rings. The molecule has 0 aliphatic heterocycles. The Hall–Kier alpha value is -2.78. The molecule has 2 amide bonds. The van der Waals surface area contributed by atoms with E-state index in [1.54, 1.807) is 25.1 Å². The van der Waals surface area contributed by atoms with E-state index in [1.165, 1.54) is 6.33 Å². The molecule has 0 unspecified atom stereocenters. The number of primary amides is 1. The Morgan fingerprint density at radius 3 is 2.88 bits per heavy atom. The molecule has 2 aromatic heterocycles. The zero-order valence-corrected chi connectivity index (χ0v) is 14.5. The molecule has 2 heterocycles. The number of carbonyl (C=O) groups excluding carboxylic acids is 2. The van der Waals surface area contributed by atoms with Crippen LogP contribution in [0.4, 0.5) is 5.69 Å². The number of amides is 2. The average molecular weight is 378 g/mol. The molecule has 3 rings (SSSR count). The first-order valence-electron chi connectivity index (χ1n) is 7.08. The first-order chi connectivity index (χ1) is 11.9. The van der Waals surface area contributed by atoms with Gasteiger partial charge in [0.15, 0.2) is 5.69 Å². The molecule has 0 bridgehead atoms. The molecular formula is C15H12ClN5O3S. The molecule has 0 spiro atoms. The third kappa shape index (κ3) is 3.24. The molecule has 1 aromatic carbocycles. The van der Waals surface area contributed by atoms with Crippen molar-refractivity contribution in [3.05, 3.63) is 51.2 Å². The Kier molecular flexibility index (Phi) is 4.51. The Balaban J connectivity index is 1.87. The number of hydrogen-bond acceptors (Lipinski definition) is 6. The Morgan fingerprint density at radius 1 is 1.40 bits per heavy atom. The lowest BCUT2D eigenvalue weighted by Gasteiger charge is -2.10. The van der Waals surface area contributed by atoms with Gasteiger partial charge in [-0.3, -0.25) is 19.0 Å². The number of halogens is 1. The van der Waals surface area contributed by atoms with Gasteiger partial charge in [-0.25, -0.2) is 4.98 Å². The first-order valence-corrected chi connectivity index (χ1v) is 8.23. The van der Waals surface area contributed by atoms with Gasteiger partial charge >= 0.3 is 0 Å². The number of anilines is 1. The second-order valence-electron chi connectivity index (χ2n) is 5.21.